The van der Waals surface area contributed by atoms with E-state index in [0.29, 0.717) is 11.4 Å². The topological polar surface area (TPSA) is 98.2 Å². The number of amides is 2. The van der Waals surface area contributed by atoms with Crippen molar-refractivity contribution >= 4 is 34.3 Å². The smallest absolute Gasteiger partial charge is 0.248 e. The van der Waals surface area contributed by atoms with E-state index in [9.17, 15) is 14.9 Å². The average molecular weight is 365 g/mol. The largest absolute Gasteiger partial charge is 0.469 e. The van der Waals surface area contributed by atoms with E-state index in [1.54, 1.807) is 24.3 Å². The van der Waals surface area contributed by atoms with Crippen molar-refractivity contribution in [2.24, 2.45) is 11.8 Å². The van der Waals surface area contributed by atoms with Gasteiger partial charge in [0.2, 0.25) is 11.8 Å². The van der Waals surface area contributed by atoms with Gasteiger partial charge in [-0.15, -0.1) is 0 Å². The first-order chi connectivity index (χ1) is 12.5. The number of imide groups is 1. The molecule has 26 heavy (non-hydrogen) atoms. The van der Waals surface area contributed by atoms with Crippen LogP contribution < -0.4 is 4.90 Å². The molecule has 2 saturated heterocycles. The molecule has 1 N–H and O–H groups in total. The van der Waals surface area contributed by atoms with Gasteiger partial charge in [-0.3, -0.25) is 15.0 Å². The number of hydrogen-bond donors (Lipinski definition) is 1. The van der Waals surface area contributed by atoms with Crippen molar-refractivity contribution in [3.05, 3.63) is 54.0 Å². The third kappa shape index (κ3) is 2.37. The van der Waals surface area contributed by atoms with Crippen LogP contribution in [-0.2, 0) is 9.59 Å². The Morgan fingerprint density at radius 1 is 1.15 bits per heavy atom. The Morgan fingerprint density at radius 3 is 2.50 bits per heavy atom. The SMILES string of the molecule is Cc1ccc(N2C(=O)[C@H]3[C@H](c4ccco4)[C@H](C#N)C(=N)S[C@@H]3C2=O)cc1. The maximum absolute atomic E-state index is 13.2. The zero-order valence-electron chi connectivity index (χ0n) is 13.9. The number of anilines is 1. The molecule has 0 radical (unpaired) electrons. The Morgan fingerprint density at radius 2 is 1.88 bits per heavy atom. The van der Waals surface area contributed by atoms with Crippen molar-refractivity contribution in [3.8, 4) is 6.07 Å². The van der Waals surface area contributed by atoms with Crippen LogP contribution in [0.5, 0.6) is 0 Å². The maximum Gasteiger partial charge on any atom is 0.248 e. The van der Waals surface area contributed by atoms with E-state index >= 15 is 0 Å². The monoisotopic (exact) mass is 365 g/mol. The molecular formula is C19H15N3O3S. The molecule has 4 atom stereocenters. The van der Waals surface area contributed by atoms with Gasteiger partial charge in [-0.05, 0) is 31.2 Å². The molecule has 0 unspecified atom stereocenters. The van der Waals surface area contributed by atoms with Crippen molar-refractivity contribution in [3.63, 3.8) is 0 Å². The van der Waals surface area contributed by atoms with Crippen LogP contribution in [0.3, 0.4) is 0 Å². The van der Waals surface area contributed by atoms with Crippen molar-refractivity contribution in [1.29, 1.82) is 10.7 Å². The Labute approximate surface area is 154 Å². The van der Waals surface area contributed by atoms with Crippen LogP contribution >= 0.6 is 11.8 Å². The van der Waals surface area contributed by atoms with Gasteiger partial charge in [-0.2, -0.15) is 5.26 Å². The number of benzene rings is 1. The second-order valence-corrected chi connectivity index (χ2v) is 7.61. The summed E-state index contributed by atoms with van der Waals surface area (Å²) in [7, 11) is 0. The second kappa shape index (κ2) is 6.15. The molecule has 1 aromatic heterocycles. The second-order valence-electron chi connectivity index (χ2n) is 6.42. The summed E-state index contributed by atoms with van der Waals surface area (Å²) in [4.78, 5) is 27.3. The van der Waals surface area contributed by atoms with Gasteiger partial charge in [0.1, 0.15) is 16.9 Å². The van der Waals surface area contributed by atoms with Crippen LogP contribution in [0.25, 0.3) is 0 Å². The maximum atomic E-state index is 13.2. The summed E-state index contributed by atoms with van der Waals surface area (Å²) in [6.07, 6.45) is 1.48. The molecule has 0 aliphatic carbocycles. The first-order valence-electron chi connectivity index (χ1n) is 8.15. The molecule has 2 aliphatic rings. The first kappa shape index (κ1) is 16.6. The molecule has 6 nitrogen and oxygen atoms in total. The zero-order chi connectivity index (χ0) is 18.4. The van der Waals surface area contributed by atoms with Gasteiger partial charge >= 0.3 is 0 Å². The number of furan rings is 1. The van der Waals surface area contributed by atoms with Crippen LogP contribution in [0.2, 0.25) is 0 Å². The summed E-state index contributed by atoms with van der Waals surface area (Å²) < 4.78 is 5.46. The van der Waals surface area contributed by atoms with Crippen molar-refractivity contribution in [2.75, 3.05) is 4.90 Å². The molecule has 7 heteroatoms. The highest BCUT2D eigenvalue weighted by Crippen LogP contribution is 2.50. The van der Waals surface area contributed by atoms with Gasteiger partial charge in [0.15, 0.2) is 0 Å². The predicted molar refractivity (Wildman–Crippen MR) is 96.8 cm³/mol. The number of fused-ring (bicyclic) bond motifs is 1. The number of thioether (sulfide) groups is 1. The third-order valence-electron chi connectivity index (χ3n) is 4.88. The van der Waals surface area contributed by atoms with Crippen molar-refractivity contribution in [1.82, 2.24) is 0 Å². The summed E-state index contributed by atoms with van der Waals surface area (Å²) in [5.41, 5.74) is 1.54. The number of rotatable bonds is 2. The van der Waals surface area contributed by atoms with Gasteiger partial charge in [-0.1, -0.05) is 29.5 Å². The van der Waals surface area contributed by atoms with Gasteiger partial charge in [-0.25, -0.2) is 4.90 Å². The predicted octanol–water partition coefficient (Wildman–Crippen LogP) is 3.09. The van der Waals surface area contributed by atoms with E-state index in [-0.39, 0.29) is 16.9 Å². The molecule has 2 aliphatic heterocycles. The Bertz CT molecular complexity index is 930. The van der Waals surface area contributed by atoms with E-state index < -0.39 is 23.0 Å². The molecule has 3 heterocycles. The fourth-order valence-electron chi connectivity index (χ4n) is 3.62. The van der Waals surface area contributed by atoms with Crippen LogP contribution in [0.4, 0.5) is 5.69 Å². The van der Waals surface area contributed by atoms with Gasteiger partial charge in [0.05, 0.1) is 34.9 Å². The zero-order valence-corrected chi connectivity index (χ0v) is 14.7. The lowest BCUT2D eigenvalue weighted by Gasteiger charge is -2.32. The number of aryl methyl sites for hydroxylation is 1. The van der Waals surface area contributed by atoms with Crippen molar-refractivity contribution in [2.45, 2.75) is 18.1 Å². The van der Waals surface area contributed by atoms with Crippen LogP contribution in [-0.4, -0.2) is 22.1 Å². The third-order valence-corrected chi connectivity index (χ3v) is 6.14. The number of nitrogens with one attached hydrogen (secondary N) is 1. The quantitative estimate of drug-likeness (QED) is 0.825. The fraction of sp³-hybridized carbons (Fsp3) is 0.263. The number of nitriles is 1. The molecule has 1 aromatic carbocycles. The average Bonchev–Trinajstić information content (AvgIpc) is 3.23. The lowest BCUT2D eigenvalue weighted by molar-refractivity contribution is -0.122. The summed E-state index contributed by atoms with van der Waals surface area (Å²) in [5.74, 6) is -2.39. The number of hydrogen-bond acceptors (Lipinski definition) is 6. The fourth-order valence-corrected chi connectivity index (χ4v) is 4.88. The lowest BCUT2D eigenvalue weighted by Crippen LogP contribution is -2.39. The number of carbonyl (C=O) groups excluding carboxylic acids is 2. The first-order valence-corrected chi connectivity index (χ1v) is 9.03. The standard InChI is InChI=1S/C19H15N3O3S/c1-10-4-6-11(7-5-10)22-18(23)15-14(13-3-2-8-25-13)12(9-20)17(21)26-16(15)19(22)24/h2-8,12,14-16,21H,1H3/t12-,14-,15-,16-/m0/s1. The van der Waals surface area contributed by atoms with Crippen LogP contribution in [0, 0.1) is 35.5 Å². The van der Waals surface area contributed by atoms with E-state index in [1.807, 2.05) is 19.1 Å². The normalized spacial score (nSPS) is 28.2. The summed E-state index contributed by atoms with van der Waals surface area (Å²) in [6.45, 7) is 1.93. The van der Waals surface area contributed by atoms with Gasteiger partial charge in [0.25, 0.3) is 0 Å². The molecule has 0 saturated carbocycles. The molecule has 4 rings (SSSR count). The molecular weight excluding hydrogens is 350 g/mol. The van der Waals surface area contributed by atoms with E-state index in [2.05, 4.69) is 6.07 Å². The lowest BCUT2D eigenvalue weighted by atomic mass is 9.79. The molecule has 2 amide bonds. The summed E-state index contributed by atoms with van der Waals surface area (Å²) in [5, 5.41) is 17.1. The number of nitrogens with zero attached hydrogens (tertiary/aromatic N) is 2. The summed E-state index contributed by atoms with van der Waals surface area (Å²) >= 11 is 1.01. The van der Waals surface area contributed by atoms with Gasteiger partial charge in [0, 0.05) is 0 Å². The van der Waals surface area contributed by atoms with E-state index in [0.717, 1.165) is 17.3 Å². The van der Waals surface area contributed by atoms with E-state index in [4.69, 9.17) is 9.83 Å². The minimum Gasteiger partial charge on any atom is -0.469 e. The minimum atomic E-state index is -0.804. The summed E-state index contributed by atoms with van der Waals surface area (Å²) in [6, 6.07) is 12.7. The Balaban J connectivity index is 1.80. The van der Waals surface area contributed by atoms with Crippen molar-refractivity contribution < 1.29 is 14.0 Å². The van der Waals surface area contributed by atoms with Crippen LogP contribution in [0.15, 0.2) is 47.1 Å². The highest BCUT2D eigenvalue weighted by molar-refractivity contribution is 8.15. The number of carbonyl (C=O) groups is 2. The van der Waals surface area contributed by atoms with Crippen LogP contribution in [0.1, 0.15) is 17.2 Å². The Kier molecular flexibility index (Phi) is 3.93. The molecule has 2 fully saturated rings. The minimum absolute atomic E-state index is 0.0991. The molecule has 0 spiro atoms. The van der Waals surface area contributed by atoms with E-state index in [1.165, 1.54) is 11.2 Å². The Hall–Kier alpha value is -2.85. The highest BCUT2D eigenvalue weighted by Gasteiger charge is 2.59. The molecule has 2 aromatic rings. The highest BCUT2D eigenvalue weighted by atomic mass is 32.2. The molecule has 0 bridgehead atoms. The van der Waals surface area contributed by atoms with Gasteiger partial charge < -0.3 is 4.42 Å². The molecule has 130 valence electrons.